The van der Waals surface area contributed by atoms with Crippen LogP contribution in [0, 0.1) is 18.7 Å². The van der Waals surface area contributed by atoms with Gasteiger partial charge in [-0.1, -0.05) is 12.8 Å². The Morgan fingerprint density at radius 3 is 2.94 bits per heavy atom. The minimum absolute atomic E-state index is 0.0685. The Hall–Kier alpha value is -1.35. The summed E-state index contributed by atoms with van der Waals surface area (Å²) in [6.45, 7) is 1.96. The summed E-state index contributed by atoms with van der Waals surface area (Å²) in [6, 6.07) is 4.55. The van der Waals surface area contributed by atoms with Crippen LogP contribution in [0.15, 0.2) is 22.6 Å². The second kappa shape index (κ2) is 4.39. The predicted octanol–water partition coefficient (Wildman–Crippen LogP) is 4.07. The zero-order valence-electron chi connectivity index (χ0n) is 10.6. The van der Waals surface area contributed by atoms with E-state index in [2.05, 4.69) is 0 Å². The Labute approximate surface area is 106 Å². The highest BCUT2D eigenvalue weighted by atomic mass is 19.1. The Balaban J connectivity index is 1.88. The Morgan fingerprint density at radius 1 is 1.44 bits per heavy atom. The quantitative estimate of drug-likeness (QED) is 0.884. The molecule has 18 heavy (non-hydrogen) atoms. The molecule has 0 spiro atoms. The molecule has 96 valence electrons. The van der Waals surface area contributed by atoms with Crippen LogP contribution in [-0.4, -0.2) is 0 Å². The summed E-state index contributed by atoms with van der Waals surface area (Å²) in [5.74, 6) is 1.46. The largest absolute Gasteiger partial charge is 0.459 e. The van der Waals surface area contributed by atoms with Crippen molar-refractivity contribution in [3.05, 3.63) is 35.3 Å². The van der Waals surface area contributed by atoms with Crippen LogP contribution in [0.3, 0.4) is 0 Å². The fourth-order valence-electron chi connectivity index (χ4n) is 2.52. The van der Waals surface area contributed by atoms with Crippen molar-refractivity contribution in [3.63, 3.8) is 0 Å². The molecule has 1 heterocycles. The standard InChI is InChI=1S/C15H18FNO/c1-9-12-8-11(16)5-7-14(12)18-15(9)13(17)6-4-10-2-3-10/h5,7-8,10,13H,2-4,6,17H2,1H3. The predicted molar refractivity (Wildman–Crippen MR) is 69.8 cm³/mol. The average molecular weight is 247 g/mol. The van der Waals surface area contributed by atoms with Crippen LogP contribution in [-0.2, 0) is 0 Å². The second-order valence-electron chi connectivity index (χ2n) is 5.36. The van der Waals surface area contributed by atoms with Crippen molar-refractivity contribution in [2.24, 2.45) is 11.7 Å². The molecule has 1 aliphatic carbocycles. The topological polar surface area (TPSA) is 39.2 Å². The lowest BCUT2D eigenvalue weighted by Gasteiger charge is -2.09. The van der Waals surface area contributed by atoms with Crippen LogP contribution in [0.4, 0.5) is 4.39 Å². The maximum Gasteiger partial charge on any atom is 0.134 e. The SMILES string of the molecule is Cc1c(C(N)CCC2CC2)oc2ccc(F)cc12. The van der Waals surface area contributed by atoms with Crippen molar-refractivity contribution in [2.75, 3.05) is 0 Å². The second-order valence-corrected chi connectivity index (χ2v) is 5.36. The smallest absolute Gasteiger partial charge is 0.134 e. The number of benzene rings is 1. The molecule has 1 aromatic carbocycles. The highest BCUT2D eigenvalue weighted by molar-refractivity contribution is 5.82. The average Bonchev–Trinajstić information content (AvgIpc) is 3.12. The third-order valence-electron chi connectivity index (χ3n) is 3.85. The zero-order chi connectivity index (χ0) is 12.7. The molecule has 3 rings (SSSR count). The molecule has 3 heteroatoms. The normalized spacial score (nSPS) is 17.3. The van der Waals surface area contributed by atoms with Gasteiger partial charge in [-0.05, 0) is 43.9 Å². The third-order valence-corrected chi connectivity index (χ3v) is 3.85. The van der Waals surface area contributed by atoms with Crippen molar-refractivity contribution in [3.8, 4) is 0 Å². The molecular formula is C15H18FNO. The molecule has 0 aliphatic heterocycles. The van der Waals surface area contributed by atoms with E-state index >= 15 is 0 Å². The van der Waals surface area contributed by atoms with Crippen molar-refractivity contribution in [1.29, 1.82) is 0 Å². The number of furan rings is 1. The molecule has 1 fully saturated rings. The monoisotopic (exact) mass is 247 g/mol. The number of rotatable bonds is 4. The van der Waals surface area contributed by atoms with Gasteiger partial charge in [-0.25, -0.2) is 4.39 Å². The van der Waals surface area contributed by atoms with E-state index in [9.17, 15) is 4.39 Å². The minimum atomic E-state index is -0.232. The van der Waals surface area contributed by atoms with Crippen LogP contribution in [0.2, 0.25) is 0 Å². The van der Waals surface area contributed by atoms with Crippen molar-refractivity contribution in [1.82, 2.24) is 0 Å². The summed E-state index contributed by atoms with van der Waals surface area (Å²) in [5.41, 5.74) is 7.89. The fraction of sp³-hybridized carbons (Fsp3) is 0.467. The lowest BCUT2D eigenvalue weighted by molar-refractivity contribution is 0.457. The molecule has 0 saturated heterocycles. The molecular weight excluding hydrogens is 229 g/mol. The van der Waals surface area contributed by atoms with Gasteiger partial charge < -0.3 is 10.2 Å². The minimum Gasteiger partial charge on any atom is -0.459 e. The Morgan fingerprint density at radius 2 is 2.22 bits per heavy atom. The van der Waals surface area contributed by atoms with Gasteiger partial charge in [0, 0.05) is 10.9 Å². The van der Waals surface area contributed by atoms with Gasteiger partial charge in [0.15, 0.2) is 0 Å². The number of hydrogen-bond donors (Lipinski definition) is 1. The molecule has 1 atom stereocenters. The van der Waals surface area contributed by atoms with Gasteiger partial charge in [-0.15, -0.1) is 0 Å². The lowest BCUT2D eigenvalue weighted by atomic mass is 10.0. The molecule has 0 bridgehead atoms. The first kappa shape index (κ1) is 11.7. The van der Waals surface area contributed by atoms with E-state index in [-0.39, 0.29) is 11.9 Å². The van der Waals surface area contributed by atoms with Gasteiger partial charge in [-0.3, -0.25) is 0 Å². The highest BCUT2D eigenvalue weighted by Gasteiger charge is 2.24. The first-order valence-electron chi connectivity index (χ1n) is 6.59. The van der Waals surface area contributed by atoms with Crippen LogP contribution >= 0.6 is 0 Å². The summed E-state index contributed by atoms with van der Waals surface area (Å²) in [7, 11) is 0. The van der Waals surface area contributed by atoms with Gasteiger partial charge in [0.25, 0.3) is 0 Å². The number of nitrogens with two attached hydrogens (primary N) is 1. The van der Waals surface area contributed by atoms with E-state index in [0.29, 0.717) is 0 Å². The number of aryl methyl sites for hydroxylation is 1. The van der Waals surface area contributed by atoms with E-state index in [1.54, 1.807) is 6.07 Å². The van der Waals surface area contributed by atoms with Crippen LogP contribution in [0.25, 0.3) is 11.0 Å². The van der Waals surface area contributed by atoms with Gasteiger partial charge in [0.2, 0.25) is 0 Å². The van der Waals surface area contributed by atoms with Gasteiger partial charge >= 0.3 is 0 Å². The van der Waals surface area contributed by atoms with E-state index < -0.39 is 0 Å². The highest BCUT2D eigenvalue weighted by Crippen LogP contribution is 2.37. The number of fused-ring (bicyclic) bond motifs is 1. The van der Waals surface area contributed by atoms with E-state index in [0.717, 1.165) is 34.6 Å². The van der Waals surface area contributed by atoms with Crippen LogP contribution in [0.5, 0.6) is 0 Å². The fourth-order valence-corrected chi connectivity index (χ4v) is 2.52. The number of halogens is 1. The molecule has 2 N–H and O–H groups in total. The van der Waals surface area contributed by atoms with Gasteiger partial charge in [-0.2, -0.15) is 0 Å². The summed E-state index contributed by atoms with van der Waals surface area (Å²) >= 11 is 0. The molecule has 1 unspecified atom stereocenters. The third kappa shape index (κ3) is 2.15. The van der Waals surface area contributed by atoms with Gasteiger partial charge in [0.1, 0.15) is 17.2 Å². The summed E-state index contributed by atoms with van der Waals surface area (Å²) in [5, 5.41) is 0.840. The summed E-state index contributed by atoms with van der Waals surface area (Å²) in [4.78, 5) is 0. The van der Waals surface area contributed by atoms with Crippen LogP contribution < -0.4 is 5.73 Å². The molecule has 0 amide bonds. The first-order valence-corrected chi connectivity index (χ1v) is 6.59. The van der Waals surface area contributed by atoms with Crippen molar-refractivity contribution < 1.29 is 8.81 Å². The number of hydrogen-bond acceptors (Lipinski definition) is 2. The lowest BCUT2D eigenvalue weighted by Crippen LogP contribution is -2.10. The van der Waals surface area contributed by atoms with Crippen molar-refractivity contribution >= 4 is 11.0 Å². The van der Waals surface area contributed by atoms with Gasteiger partial charge in [0.05, 0.1) is 6.04 Å². The maximum absolute atomic E-state index is 13.2. The van der Waals surface area contributed by atoms with E-state index in [4.69, 9.17) is 10.2 Å². The Bertz CT molecular complexity index is 571. The Kier molecular flexibility index (Phi) is 2.86. The summed E-state index contributed by atoms with van der Waals surface area (Å²) < 4.78 is 19.0. The molecule has 2 aromatic rings. The zero-order valence-corrected chi connectivity index (χ0v) is 10.6. The first-order chi connectivity index (χ1) is 8.65. The molecule has 0 radical (unpaired) electrons. The van der Waals surface area contributed by atoms with Crippen LogP contribution in [0.1, 0.15) is 43.0 Å². The van der Waals surface area contributed by atoms with Crippen molar-refractivity contribution in [2.45, 2.75) is 38.6 Å². The molecule has 1 saturated carbocycles. The molecule has 2 nitrogen and oxygen atoms in total. The van der Waals surface area contributed by atoms with E-state index in [1.165, 1.54) is 31.4 Å². The maximum atomic E-state index is 13.2. The molecule has 1 aliphatic rings. The summed E-state index contributed by atoms with van der Waals surface area (Å²) in [6.07, 6.45) is 4.81. The van der Waals surface area contributed by atoms with E-state index in [1.807, 2.05) is 6.92 Å². The molecule has 1 aromatic heterocycles.